The van der Waals surface area contributed by atoms with Crippen molar-refractivity contribution in [2.24, 2.45) is 0 Å². The second kappa shape index (κ2) is 13.4. The van der Waals surface area contributed by atoms with Crippen LogP contribution in [0, 0.1) is 0 Å². The monoisotopic (exact) mass is 573 g/mol. The normalized spacial score (nSPS) is 19.8. The van der Waals surface area contributed by atoms with Crippen LogP contribution in [0.4, 0.5) is 5.69 Å². The summed E-state index contributed by atoms with van der Waals surface area (Å²) >= 11 is 7.95. The Labute approximate surface area is 246 Å². The molecule has 1 N–H and O–H groups in total. The summed E-state index contributed by atoms with van der Waals surface area (Å²) in [5, 5.41) is 4.13. The molecule has 0 bridgehead atoms. The molecule has 40 heavy (non-hydrogen) atoms. The average molecular weight is 574 g/mol. The lowest BCUT2D eigenvalue weighted by Gasteiger charge is -2.44. The maximum atomic E-state index is 13.7. The summed E-state index contributed by atoms with van der Waals surface area (Å²) in [6.45, 7) is 4.85. The number of nitrogens with zero attached hydrogens (tertiary/aromatic N) is 2. The first kappa shape index (κ1) is 28.3. The maximum Gasteiger partial charge on any atom is 0.260 e. The predicted molar refractivity (Wildman–Crippen MR) is 167 cm³/mol. The Morgan fingerprint density at radius 3 is 2.58 bits per heavy atom. The Kier molecular flexibility index (Phi) is 9.50. The van der Waals surface area contributed by atoms with Crippen molar-refractivity contribution in [2.75, 3.05) is 24.5 Å². The van der Waals surface area contributed by atoms with Crippen molar-refractivity contribution in [2.45, 2.75) is 50.4 Å². The third kappa shape index (κ3) is 6.91. The van der Waals surface area contributed by atoms with E-state index in [2.05, 4.69) is 34.2 Å². The van der Waals surface area contributed by atoms with Gasteiger partial charge in [0.2, 0.25) is 0 Å². The molecule has 3 aromatic carbocycles. The van der Waals surface area contributed by atoms with E-state index in [9.17, 15) is 9.59 Å². The number of benzene rings is 3. The number of likely N-dealkylation sites (N-methyl/N-ethyl adjacent to an activating group) is 1. The van der Waals surface area contributed by atoms with Crippen molar-refractivity contribution in [3.05, 3.63) is 105 Å². The predicted octanol–water partition coefficient (Wildman–Crippen LogP) is 7.02. The fraction of sp³-hybridized carbons (Fsp3) is 0.333. The van der Waals surface area contributed by atoms with E-state index in [-0.39, 0.29) is 17.9 Å². The van der Waals surface area contributed by atoms with Crippen LogP contribution < -0.4 is 10.2 Å². The molecule has 3 aromatic rings. The molecule has 2 aliphatic rings. The molecule has 5 nitrogen and oxygen atoms in total. The smallest absolute Gasteiger partial charge is 0.260 e. The minimum Gasteiger partial charge on any atom is -0.370 e. The number of fused-ring (bicyclic) bond motifs is 1. The molecule has 1 heterocycles. The van der Waals surface area contributed by atoms with Crippen molar-refractivity contribution >= 4 is 46.9 Å². The van der Waals surface area contributed by atoms with E-state index in [4.69, 9.17) is 11.6 Å². The quantitative estimate of drug-likeness (QED) is 0.279. The minimum absolute atomic E-state index is 0.0776. The standard InChI is InChI=1S/C33H36ClN3O2S/c1-2-36(28-11-4-3-5-12-28)20-19-35-32(38)26-17-15-24(16-18-26)22-31-33(39)37(23-25-9-8-10-27(34)21-25)29-13-6-7-14-30(29)40-31/h3-5,8-12,15-18,21-22,29-30H,2,6-7,13-14,19-20,23H2,1H3,(H,35,38)/b31-22+. The molecule has 7 heteroatoms. The Hall–Kier alpha value is -3.22. The number of nitrogens with one attached hydrogen (secondary N) is 1. The number of para-hydroxylation sites is 1. The van der Waals surface area contributed by atoms with Gasteiger partial charge < -0.3 is 15.1 Å². The summed E-state index contributed by atoms with van der Waals surface area (Å²) in [5.41, 5.74) is 3.74. The van der Waals surface area contributed by atoms with Crippen molar-refractivity contribution in [1.29, 1.82) is 0 Å². The number of hydrogen-bond acceptors (Lipinski definition) is 4. The van der Waals surface area contributed by atoms with Crippen LogP contribution in [0.15, 0.2) is 83.8 Å². The topological polar surface area (TPSA) is 52.7 Å². The number of anilines is 1. The van der Waals surface area contributed by atoms with Crippen LogP contribution in [0.5, 0.6) is 0 Å². The fourth-order valence-electron chi connectivity index (χ4n) is 5.59. The van der Waals surface area contributed by atoms with Gasteiger partial charge in [-0.3, -0.25) is 9.59 Å². The van der Waals surface area contributed by atoms with E-state index < -0.39 is 0 Å². The van der Waals surface area contributed by atoms with E-state index in [0.717, 1.165) is 54.1 Å². The van der Waals surface area contributed by atoms with Gasteiger partial charge in [-0.1, -0.05) is 66.9 Å². The number of halogens is 1. The van der Waals surface area contributed by atoms with Crippen LogP contribution in [0.3, 0.4) is 0 Å². The van der Waals surface area contributed by atoms with Gasteiger partial charge in [0.1, 0.15) is 0 Å². The lowest BCUT2D eigenvalue weighted by molar-refractivity contribution is -0.130. The average Bonchev–Trinajstić information content (AvgIpc) is 2.98. The van der Waals surface area contributed by atoms with Crippen LogP contribution >= 0.6 is 23.4 Å². The zero-order valence-electron chi connectivity index (χ0n) is 22.9. The Morgan fingerprint density at radius 2 is 1.82 bits per heavy atom. The van der Waals surface area contributed by atoms with Crippen molar-refractivity contribution in [3.63, 3.8) is 0 Å². The Morgan fingerprint density at radius 1 is 1.05 bits per heavy atom. The summed E-state index contributed by atoms with van der Waals surface area (Å²) in [4.78, 5) is 31.5. The number of amides is 2. The first-order chi connectivity index (χ1) is 19.5. The molecule has 2 unspecified atom stereocenters. The van der Waals surface area contributed by atoms with Gasteiger partial charge >= 0.3 is 0 Å². The van der Waals surface area contributed by atoms with Crippen LogP contribution in [-0.2, 0) is 11.3 Å². The number of hydrogen-bond donors (Lipinski definition) is 1. The first-order valence-electron chi connectivity index (χ1n) is 14.1. The van der Waals surface area contributed by atoms with Crippen LogP contribution in [0.1, 0.15) is 54.1 Å². The molecule has 0 aromatic heterocycles. The number of carbonyl (C=O) groups excluding carboxylic acids is 2. The number of thioether (sulfide) groups is 1. The zero-order chi connectivity index (χ0) is 27.9. The molecular weight excluding hydrogens is 538 g/mol. The third-order valence-corrected chi connectivity index (χ3v) is 9.34. The highest BCUT2D eigenvalue weighted by molar-refractivity contribution is 8.04. The van der Waals surface area contributed by atoms with Gasteiger partial charge in [-0.2, -0.15) is 0 Å². The summed E-state index contributed by atoms with van der Waals surface area (Å²) in [7, 11) is 0. The lowest BCUT2D eigenvalue weighted by Crippen LogP contribution is -2.50. The second-order valence-corrected chi connectivity index (χ2v) is 12.1. The highest BCUT2D eigenvalue weighted by Crippen LogP contribution is 2.42. The summed E-state index contributed by atoms with van der Waals surface area (Å²) in [6.07, 6.45) is 6.49. The Balaban J connectivity index is 1.24. The molecule has 2 fully saturated rings. The highest BCUT2D eigenvalue weighted by atomic mass is 35.5. The van der Waals surface area contributed by atoms with Gasteiger partial charge in [0.15, 0.2) is 0 Å². The van der Waals surface area contributed by atoms with Crippen molar-refractivity contribution in [3.8, 4) is 0 Å². The van der Waals surface area contributed by atoms with Gasteiger partial charge in [-0.05, 0) is 73.4 Å². The molecular formula is C33H36ClN3O2S. The lowest BCUT2D eigenvalue weighted by atomic mass is 9.92. The van der Waals surface area contributed by atoms with E-state index in [1.165, 1.54) is 6.42 Å². The van der Waals surface area contributed by atoms with Crippen LogP contribution in [0.2, 0.25) is 5.02 Å². The molecule has 2 amide bonds. The zero-order valence-corrected chi connectivity index (χ0v) is 24.5. The summed E-state index contributed by atoms with van der Waals surface area (Å²) in [5.74, 6) is -0.0157. The molecule has 208 valence electrons. The molecule has 0 radical (unpaired) electrons. The van der Waals surface area contributed by atoms with E-state index in [0.29, 0.717) is 28.9 Å². The maximum absolute atomic E-state index is 13.7. The van der Waals surface area contributed by atoms with Gasteiger partial charge in [0, 0.05) is 53.7 Å². The molecule has 0 spiro atoms. The van der Waals surface area contributed by atoms with E-state index in [1.807, 2.05) is 72.8 Å². The number of carbonyl (C=O) groups is 2. The van der Waals surface area contributed by atoms with Gasteiger partial charge in [0.05, 0.1) is 4.91 Å². The molecule has 1 saturated heterocycles. The van der Waals surface area contributed by atoms with Gasteiger partial charge in [0.25, 0.3) is 11.8 Å². The molecule has 1 aliphatic carbocycles. The SMILES string of the molecule is CCN(CCNC(=O)c1ccc(/C=C2/SC3CCCCC3N(Cc3cccc(Cl)c3)C2=O)cc1)c1ccccc1. The van der Waals surface area contributed by atoms with Gasteiger partial charge in [-0.15, -0.1) is 11.8 Å². The molecule has 1 aliphatic heterocycles. The van der Waals surface area contributed by atoms with Gasteiger partial charge in [-0.25, -0.2) is 0 Å². The van der Waals surface area contributed by atoms with Crippen molar-refractivity contribution < 1.29 is 9.59 Å². The highest BCUT2D eigenvalue weighted by Gasteiger charge is 2.40. The molecule has 1 saturated carbocycles. The molecule has 2 atom stereocenters. The third-order valence-electron chi connectivity index (χ3n) is 7.70. The largest absolute Gasteiger partial charge is 0.370 e. The number of rotatable bonds is 9. The Bertz CT molecular complexity index is 1350. The minimum atomic E-state index is -0.0934. The van der Waals surface area contributed by atoms with E-state index >= 15 is 0 Å². The molecule has 5 rings (SSSR count). The summed E-state index contributed by atoms with van der Waals surface area (Å²) < 4.78 is 0. The van der Waals surface area contributed by atoms with E-state index in [1.54, 1.807) is 11.8 Å². The second-order valence-electron chi connectivity index (χ2n) is 10.4. The van der Waals surface area contributed by atoms with Crippen molar-refractivity contribution in [1.82, 2.24) is 10.2 Å². The van der Waals surface area contributed by atoms with Crippen LogP contribution in [0.25, 0.3) is 6.08 Å². The fourth-order valence-corrected chi connectivity index (χ4v) is 7.28. The summed E-state index contributed by atoms with van der Waals surface area (Å²) in [6, 6.07) is 25.8. The van der Waals surface area contributed by atoms with Crippen LogP contribution in [-0.4, -0.2) is 47.6 Å². The first-order valence-corrected chi connectivity index (χ1v) is 15.4.